The second-order valence-electron chi connectivity index (χ2n) is 6.14. The van der Waals surface area contributed by atoms with Crippen molar-refractivity contribution in [2.75, 3.05) is 6.61 Å². The van der Waals surface area contributed by atoms with Crippen LogP contribution in [0.25, 0.3) is 0 Å². The highest BCUT2D eigenvalue weighted by Crippen LogP contribution is 2.33. The third-order valence-electron chi connectivity index (χ3n) is 4.38. The van der Waals surface area contributed by atoms with Crippen LogP contribution in [-0.2, 0) is 0 Å². The molecule has 118 valence electrons. The standard InChI is InChI=1S/C18H27BrO2/c1-2-12-21-18-11-9-15(13-16(18)19)17(20)10-8-14-6-4-3-5-7-14/h9,11,13-14,17,20H,2-8,10,12H2,1H3. The maximum absolute atomic E-state index is 10.4. The van der Waals surface area contributed by atoms with Crippen LogP contribution in [0.5, 0.6) is 5.75 Å². The van der Waals surface area contributed by atoms with Crippen LogP contribution in [0.15, 0.2) is 22.7 Å². The lowest BCUT2D eigenvalue weighted by molar-refractivity contribution is 0.151. The zero-order valence-corrected chi connectivity index (χ0v) is 14.6. The Morgan fingerprint density at radius 2 is 2.05 bits per heavy atom. The predicted octanol–water partition coefficient (Wildman–Crippen LogP) is 5.63. The highest BCUT2D eigenvalue weighted by atomic mass is 79.9. The molecule has 1 N–H and O–H groups in total. The molecule has 1 aliphatic rings. The highest BCUT2D eigenvalue weighted by Gasteiger charge is 2.16. The summed E-state index contributed by atoms with van der Waals surface area (Å²) in [6, 6.07) is 5.94. The van der Waals surface area contributed by atoms with E-state index in [1.165, 1.54) is 32.1 Å². The van der Waals surface area contributed by atoms with Crippen LogP contribution in [-0.4, -0.2) is 11.7 Å². The van der Waals surface area contributed by atoms with E-state index in [0.717, 1.165) is 47.6 Å². The van der Waals surface area contributed by atoms with E-state index < -0.39 is 0 Å². The molecule has 0 bridgehead atoms. The van der Waals surface area contributed by atoms with Gasteiger partial charge in [-0.25, -0.2) is 0 Å². The van der Waals surface area contributed by atoms with Crippen molar-refractivity contribution in [3.63, 3.8) is 0 Å². The third-order valence-corrected chi connectivity index (χ3v) is 5.00. The Kier molecular flexibility index (Phi) is 7.05. The smallest absolute Gasteiger partial charge is 0.133 e. The molecule has 0 saturated heterocycles. The monoisotopic (exact) mass is 354 g/mol. The van der Waals surface area contributed by atoms with Crippen molar-refractivity contribution in [3.05, 3.63) is 28.2 Å². The van der Waals surface area contributed by atoms with Crippen molar-refractivity contribution in [2.45, 2.75) is 64.4 Å². The lowest BCUT2D eigenvalue weighted by Gasteiger charge is -2.22. The molecule has 0 amide bonds. The molecule has 0 aliphatic heterocycles. The van der Waals surface area contributed by atoms with Crippen LogP contribution in [0.3, 0.4) is 0 Å². The van der Waals surface area contributed by atoms with Gasteiger partial charge in [0.15, 0.2) is 0 Å². The maximum atomic E-state index is 10.4. The minimum atomic E-state index is -0.358. The van der Waals surface area contributed by atoms with E-state index in [0.29, 0.717) is 0 Å². The maximum Gasteiger partial charge on any atom is 0.133 e. The molecule has 1 aliphatic carbocycles. The van der Waals surface area contributed by atoms with E-state index >= 15 is 0 Å². The zero-order valence-electron chi connectivity index (χ0n) is 13.0. The van der Waals surface area contributed by atoms with Crippen LogP contribution < -0.4 is 4.74 Å². The third kappa shape index (κ3) is 5.30. The summed E-state index contributed by atoms with van der Waals surface area (Å²) in [4.78, 5) is 0. The number of hydrogen-bond donors (Lipinski definition) is 1. The van der Waals surface area contributed by atoms with E-state index in [2.05, 4.69) is 22.9 Å². The van der Waals surface area contributed by atoms with Crippen molar-refractivity contribution < 1.29 is 9.84 Å². The Morgan fingerprint density at radius 1 is 1.29 bits per heavy atom. The number of hydrogen-bond acceptors (Lipinski definition) is 2. The Hall–Kier alpha value is -0.540. The van der Waals surface area contributed by atoms with Gasteiger partial charge < -0.3 is 9.84 Å². The molecule has 1 aromatic rings. The summed E-state index contributed by atoms with van der Waals surface area (Å²) in [6.45, 7) is 2.82. The number of aliphatic hydroxyl groups excluding tert-OH is 1. The largest absolute Gasteiger partial charge is 0.492 e. The van der Waals surface area contributed by atoms with Crippen LogP contribution in [0.4, 0.5) is 0 Å². The summed E-state index contributed by atoms with van der Waals surface area (Å²) in [7, 11) is 0. The molecule has 0 radical (unpaired) electrons. The number of benzene rings is 1. The second kappa shape index (κ2) is 8.79. The van der Waals surface area contributed by atoms with Gasteiger partial charge in [0.05, 0.1) is 17.2 Å². The molecule has 21 heavy (non-hydrogen) atoms. The topological polar surface area (TPSA) is 29.5 Å². The number of ether oxygens (including phenoxy) is 1. The molecular formula is C18H27BrO2. The fraction of sp³-hybridized carbons (Fsp3) is 0.667. The molecule has 3 heteroatoms. The zero-order chi connectivity index (χ0) is 15.1. The van der Waals surface area contributed by atoms with Gasteiger partial charge in [0, 0.05) is 0 Å². The van der Waals surface area contributed by atoms with Crippen LogP contribution in [0.2, 0.25) is 0 Å². The van der Waals surface area contributed by atoms with E-state index in [9.17, 15) is 5.11 Å². The molecule has 1 saturated carbocycles. The molecule has 0 spiro atoms. The Labute approximate surface area is 137 Å². The molecule has 2 rings (SSSR count). The highest BCUT2D eigenvalue weighted by molar-refractivity contribution is 9.10. The lowest BCUT2D eigenvalue weighted by Crippen LogP contribution is -2.08. The van der Waals surface area contributed by atoms with E-state index in [1.54, 1.807) is 0 Å². The summed E-state index contributed by atoms with van der Waals surface area (Å²) >= 11 is 3.54. The molecule has 1 aromatic carbocycles. The van der Waals surface area contributed by atoms with Gasteiger partial charge in [0.2, 0.25) is 0 Å². The molecule has 0 heterocycles. The molecule has 1 unspecified atom stereocenters. The first-order valence-corrected chi connectivity index (χ1v) is 9.10. The van der Waals surface area contributed by atoms with Crippen molar-refractivity contribution in [2.24, 2.45) is 5.92 Å². The fourth-order valence-corrected chi connectivity index (χ4v) is 3.60. The summed E-state index contributed by atoms with van der Waals surface area (Å²) in [5.41, 5.74) is 0.988. The second-order valence-corrected chi connectivity index (χ2v) is 6.99. The SMILES string of the molecule is CCCOc1ccc(C(O)CCC2CCCCC2)cc1Br. The van der Waals surface area contributed by atoms with Gasteiger partial charge in [-0.05, 0) is 58.8 Å². The summed E-state index contributed by atoms with van der Waals surface area (Å²) < 4.78 is 6.58. The summed E-state index contributed by atoms with van der Waals surface area (Å²) in [5.74, 6) is 1.68. The van der Waals surface area contributed by atoms with Gasteiger partial charge in [-0.1, -0.05) is 45.1 Å². The Balaban J connectivity index is 1.86. The molecule has 1 atom stereocenters. The van der Waals surface area contributed by atoms with Crippen molar-refractivity contribution in [1.82, 2.24) is 0 Å². The van der Waals surface area contributed by atoms with Crippen LogP contribution in [0, 0.1) is 5.92 Å². The van der Waals surface area contributed by atoms with Gasteiger partial charge in [-0.2, -0.15) is 0 Å². The van der Waals surface area contributed by atoms with Crippen molar-refractivity contribution in [1.29, 1.82) is 0 Å². The van der Waals surface area contributed by atoms with Gasteiger partial charge >= 0.3 is 0 Å². The average Bonchev–Trinajstić information content (AvgIpc) is 2.52. The molecule has 0 aromatic heterocycles. The summed E-state index contributed by atoms with van der Waals surface area (Å²) in [6.07, 6.45) is 9.48. The minimum Gasteiger partial charge on any atom is -0.492 e. The van der Waals surface area contributed by atoms with Crippen molar-refractivity contribution in [3.8, 4) is 5.75 Å². The fourth-order valence-electron chi connectivity index (χ4n) is 3.09. The Bertz CT molecular complexity index is 427. The molecular weight excluding hydrogens is 328 g/mol. The van der Waals surface area contributed by atoms with Crippen LogP contribution >= 0.6 is 15.9 Å². The first-order chi connectivity index (χ1) is 10.2. The van der Waals surface area contributed by atoms with E-state index in [1.807, 2.05) is 18.2 Å². The first-order valence-electron chi connectivity index (χ1n) is 8.31. The normalized spacial score (nSPS) is 17.7. The molecule has 2 nitrogen and oxygen atoms in total. The quantitative estimate of drug-likeness (QED) is 0.687. The van der Waals surface area contributed by atoms with Gasteiger partial charge in [-0.15, -0.1) is 0 Å². The van der Waals surface area contributed by atoms with E-state index in [-0.39, 0.29) is 6.10 Å². The minimum absolute atomic E-state index is 0.358. The van der Waals surface area contributed by atoms with Crippen molar-refractivity contribution >= 4 is 15.9 Å². The predicted molar refractivity (Wildman–Crippen MR) is 90.7 cm³/mol. The average molecular weight is 355 g/mol. The Morgan fingerprint density at radius 3 is 2.71 bits per heavy atom. The van der Waals surface area contributed by atoms with Gasteiger partial charge in [0.1, 0.15) is 5.75 Å². The summed E-state index contributed by atoms with van der Waals surface area (Å²) in [5, 5.41) is 10.4. The van der Waals surface area contributed by atoms with E-state index in [4.69, 9.17) is 4.74 Å². The van der Waals surface area contributed by atoms with Crippen LogP contribution in [0.1, 0.15) is 70.0 Å². The number of rotatable bonds is 7. The first kappa shape index (κ1) is 16.8. The van der Waals surface area contributed by atoms with Gasteiger partial charge in [-0.3, -0.25) is 0 Å². The molecule has 1 fully saturated rings. The lowest BCUT2D eigenvalue weighted by atomic mass is 9.85. The van der Waals surface area contributed by atoms with Gasteiger partial charge in [0.25, 0.3) is 0 Å². The number of aliphatic hydroxyl groups is 1. The number of halogens is 1.